The van der Waals surface area contributed by atoms with Crippen LogP contribution in [0.25, 0.3) is 0 Å². The molecule has 0 amide bonds. The van der Waals surface area contributed by atoms with Gasteiger partial charge in [0.15, 0.2) is 11.3 Å². The summed E-state index contributed by atoms with van der Waals surface area (Å²) in [6, 6.07) is 18.1. The van der Waals surface area contributed by atoms with Gasteiger partial charge in [-0.1, -0.05) is 57.7 Å². The van der Waals surface area contributed by atoms with Crippen LogP contribution in [0, 0.1) is 5.82 Å². The zero-order valence-corrected chi connectivity index (χ0v) is 24.6. The van der Waals surface area contributed by atoms with Crippen LogP contribution in [0.5, 0.6) is 11.5 Å². The van der Waals surface area contributed by atoms with Crippen molar-refractivity contribution in [1.82, 2.24) is 10.3 Å². The maximum absolute atomic E-state index is 15.4. The first-order chi connectivity index (χ1) is 18.7. The van der Waals surface area contributed by atoms with Crippen molar-refractivity contribution in [3.8, 4) is 11.5 Å². The highest BCUT2D eigenvalue weighted by Gasteiger charge is 2.33. The van der Waals surface area contributed by atoms with E-state index < -0.39 is 0 Å². The standard InChI is InChI=1S/C28H34FN5O2S.C2H6/c1-18(2)21-16-22(26(36)17-25(21)35)27-30-31-28(37-20-9-7-6-8-10-20)34(27)19-11-12-24(23(29)15-19)33(5)14-13-32(3)4;1-2/h6-12,15-18,28,31,35-36H,13-14H2,1-5H3;1-2H3. The maximum Gasteiger partial charge on any atom is 0.173 e. The minimum absolute atomic E-state index is 0.0284. The van der Waals surface area contributed by atoms with E-state index in [2.05, 4.69) is 15.4 Å². The summed E-state index contributed by atoms with van der Waals surface area (Å²) in [4.78, 5) is 6.84. The highest BCUT2D eigenvalue weighted by atomic mass is 32.2. The third-order valence-corrected chi connectivity index (χ3v) is 7.33. The number of thioether (sulfide) groups is 1. The molecule has 0 spiro atoms. The monoisotopic (exact) mass is 553 g/mol. The highest BCUT2D eigenvalue weighted by molar-refractivity contribution is 8.00. The van der Waals surface area contributed by atoms with E-state index in [9.17, 15) is 10.2 Å². The Labute approximate surface area is 235 Å². The van der Waals surface area contributed by atoms with Gasteiger partial charge in [0, 0.05) is 36.8 Å². The van der Waals surface area contributed by atoms with Gasteiger partial charge in [0.1, 0.15) is 17.3 Å². The van der Waals surface area contributed by atoms with E-state index in [1.807, 2.05) is 95.0 Å². The molecule has 0 saturated carbocycles. The maximum atomic E-state index is 15.4. The van der Waals surface area contributed by atoms with Crippen molar-refractivity contribution in [2.24, 2.45) is 5.10 Å². The van der Waals surface area contributed by atoms with Gasteiger partial charge in [-0.05, 0) is 62.0 Å². The molecule has 1 aliphatic rings. The summed E-state index contributed by atoms with van der Waals surface area (Å²) in [6.45, 7) is 9.43. The fourth-order valence-corrected chi connectivity index (χ4v) is 5.16. The average molecular weight is 554 g/mol. The third-order valence-electron chi connectivity index (χ3n) is 6.25. The number of likely N-dealkylation sites (N-methyl/N-ethyl adjacent to an activating group) is 2. The van der Waals surface area contributed by atoms with Crippen molar-refractivity contribution in [2.45, 2.75) is 44.0 Å². The molecular weight excluding hydrogens is 513 g/mol. The lowest BCUT2D eigenvalue weighted by molar-refractivity contribution is 0.416. The van der Waals surface area contributed by atoms with E-state index in [0.29, 0.717) is 34.9 Å². The van der Waals surface area contributed by atoms with E-state index in [-0.39, 0.29) is 28.7 Å². The van der Waals surface area contributed by atoms with Crippen LogP contribution in [0.15, 0.2) is 70.7 Å². The van der Waals surface area contributed by atoms with Gasteiger partial charge < -0.3 is 20.0 Å². The van der Waals surface area contributed by atoms with Crippen LogP contribution in [0.4, 0.5) is 15.8 Å². The molecule has 4 rings (SSSR count). The molecule has 0 aliphatic carbocycles. The van der Waals surface area contributed by atoms with Gasteiger partial charge in [-0.3, -0.25) is 10.3 Å². The molecule has 3 aromatic carbocycles. The van der Waals surface area contributed by atoms with Crippen LogP contribution < -0.4 is 15.2 Å². The smallest absolute Gasteiger partial charge is 0.173 e. The number of rotatable bonds is 9. The average Bonchev–Trinajstić information content (AvgIpc) is 3.31. The minimum Gasteiger partial charge on any atom is -0.508 e. The third kappa shape index (κ3) is 7.16. The second kappa shape index (κ2) is 13.6. The molecule has 0 fully saturated rings. The first-order valence-electron chi connectivity index (χ1n) is 13.2. The summed E-state index contributed by atoms with van der Waals surface area (Å²) < 4.78 is 15.4. The van der Waals surface area contributed by atoms with E-state index in [1.165, 1.54) is 23.9 Å². The topological polar surface area (TPSA) is 74.6 Å². The first-order valence-corrected chi connectivity index (χ1v) is 14.1. The van der Waals surface area contributed by atoms with Crippen LogP contribution >= 0.6 is 11.8 Å². The Balaban J connectivity index is 0.00000205. The van der Waals surface area contributed by atoms with Crippen LogP contribution in [0.1, 0.15) is 44.7 Å². The summed E-state index contributed by atoms with van der Waals surface area (Å²) >= 11 is 1.53. The Bertz CT molecular complexity index is 1270. The predicted molar refractivity (Wildman–Crippen MR) is 162 cm³/mol. The van der Waals surface area contributed by atoms with E-state index >= 15 is 4.39 Å². The molecule has 7 nitrogen and oxygen atoms in total. The molecule has 0 saturated heterocycles. The molecule has 1 heterocycles. The number of benzene rings is 3. The van der Waals surface area contributed by atoms with E-state index in [0.717, 1.165) is 11.4 Å². The van der Waals surface area contributed by atoms with Gasteiger partial charge in [-0.15, -0.1) is 0 Å². The molecular formula is C30H40FN5O2S. The van der Waals surface area contributed by atoms with Gasteiger partial charge in [-0.25, -0.2) is 4.39 Å². The summed E-state index contributed by atoms with van der Waals surface area (Å²) in [7, 11) is 5.85. The minimum atomic E-state index is -0.384. The molecule has 1 atom stereocenters. The largest absolute Gasteiger partial charge is 0.508 e. The number of phenolic OH excluding ortho intramolecular Hbond substituents is 2. The summed E-state index contributed by atoms with van der Waals surface area (Å²) in [5.74, 6) is 0.0675. The first kappa shape index (κ1) is 30.1. The molecule has 1 aliphatic heterocycles. The van der Waals surface area contributed by atoms with Crippen molar-refractivity contribution in [3.05, 3.63) is 77.6 Å². The van der Waals surface area contributed by atoms with Crippen molar-refractivity contribution in [3.63, 3.8) is 0 Å². The van der Waals surface area contributed by atoms with E-state index in [4.69, 9.17) is 0 Å². The summed E-state index contributed by atoms with van der Waals surface area (Å²) in [6.07, 6.45) is 0. The van der Waals surface area contributed by atoms with Crippen molar-refractivity contribution < 1.29 is 14.6 Å². The summed E-state index contributed by atoms with van der Waals surface area (Å²) in [5, 5.41) is 25.7. The molecule has 39 heavy (non-hydrogen) atoms. The SMILES string of the molecule is CC.CC(C)c1cc(C2=NNC(Sc3ccccc3)N2c2ccc(N(C)CCN(C)C)c(F)c2)c(O)cc1O. The normalized spacial score (nSPS) is 14.7. The Morgan fingerprint density at radius 3 is 2.28 bits per heavy atom. The number of phenols is 2. The quantitative estimate of drug-likeness (QED) is 0.290. The van der Waals surface area contributed by atoms with Gasteiger partial charge in [0.05, 0.1) is 11.3 Å². The number of hydrogen-bond acceptors (Lipinski definition) is 8. The fourth-order valence-electron chi connectivity index (χ4n) is 4.15. The van der Waals surface area contributed by atoms with Gasteiger partial charge in [0.25, 0.3) is 0 Å². The molecule has 3 aromatic rings. The zero-order chi connectivity index (χ0) is 28.7. The van der Waals surface area contributed by atoms with Crippen LogP contribution in [-0.2, 0) is 0 Å². The molecule has 0 radical (unpaired) electrons. The van der Waals surface area contributed by atoms with Crippen LogP contribution in [0.2, 0.25) is 0 Å². The summed E-state index contributed by atoms with van der Waals surface area (Å²) in [5.41, 5.74) is 5.02. The lowest BCUT2D eigenvalue weighted by Gasteiger charge is -2.29. The van der Waals surface area contributed by atoms with Crippen molar-refractivity contribution in [1.29, 1.82) is 0 Å². The molecule has 0 aromatic heterocycles. The van der Waals surface area contributed by atoms with Crippen LogP contribution in [0.3, 0.4) is 0 Å². The number of hydrazone groups is 1. The van der Waals surface area contributed by atoms with Gasteiger partial charge in [-0.2, -0.15) is 5.10 Å². The molecule has 0 bridgehead atoms. The van der Waals surface area contributed by atoms with Crippen molar-refractivity contribution in [2.75, 3.05) is 44.0 Å². The lowest BCUT2D eigenvalue weighted by Crippen LogP contribution is -2.38. The molecule has 1 unspecified atom stereocenters. The number of anilines is 2. The number of nitrogens with zero attached hydrogens (tertiary/aromatic N) is 4. The predicted octanol–water partition coefficient (Wildman–Crippen LogP) is 6.23. The molecule has 9 heteroatoms. The Morgan fingerprint density at radius 1 is 0.974 bits per heavy atom. The van der Waals surface area contributed by atoms with Crippen molar-refractivity contribution >= 4 is 29.0 Å². The fraction of sp³-hybridized carbons (Fsp3) is 0.367. The Kier molecular flexibility index (Phi) is 10.5. The zero-order valence-electron chi connectivity index (χ0n) is 23.8. The number of hydrogen-bond donors (Lipinski definition) is 3. The molecule has 210 valence electrons. The van der Waals surface area contributed by atoms with Gasteiger partial charge in [0.2, 0.25) is 0 Å². The number of amidine groups is 1. The highest BCUT2D eigenvalue weighted by Crippen LogP contribution is 2.38. The van der Waals surface area contributed by atoms with E-state index in [1.54, 1.807) is 12.1 Å². The van der Waals surface area contributed by atoms with Crippen LogP contribution in [-0.4, -0.2) is 60.7 Å². The number of halogens is 1. The second-order valence-electron chi connectivity index (χ2n) is 9.66. The second-order valence-corrected chi connectivity index (χ2v) is 10.8. The lowest BCUT2D eigenvalue weighted by atomic mass is 9.98. The number of nitrogens with one attached hydrogen (secondary N) is 1. The number of aromatic hydroxyl groups is 2. The Hall–Kier alpha value is -3.43. The Morgan fingerprint density at radius 2 is 1.67 bits per heavy atom. The van der Waals surface area contributed by atoms with Gasteiger partial charge >= 0.3 is 0 Å². The molecule has 3 N–H and O–H groups in total.